The first-order valence-corrected chi connectivity index (χ1v) is 4.10. The van der Waals surface area contributed by atoms with Crippen molar-refractivity contribution < 1.29 is 4.79 Å². The predicted molar refractivity (Wildman–Crippen MR) is 46.5 cm³/mol. The van der Waals surface area contributed by atoms with Gasteiger partial charge in [0.15, 0.2) is 0 Å². The summed E-state index contributed by atoms with van der Waals surface area (Å²) in [6.07, 6.45) is 1.09. The van der Waals surface area contributed by atoms with Crippen molar-refractivity contribution in [3.8, 4) is 0 Å². The summed E-state index contributed by atoms with van der Waals surface area (Å²) in [5.74, 6) is 0.535. The van der Waals surface area contributed by atoms with Crippen LogP contribution >= 0.6 is 0 Å². The summed E-state index contributed by atoms with van der Waals surface area (Å²) in [6.45, 7) is 6.26. The molecule has 0 saturated heterocycles. The number of nitrogens with one attached hydrogen (secondary N) is 2. The highest BCUT2D eigenvalue weighted by Crippen LogP contribution is 2.05. The van der Waals surface area contributed by atoms with E-state index in [9.17, 15) is 4.79 Å². The van der Waals surface area contributed by atoms with Gasteiger partial charge in [0.2, 0.25) is 0 Å². The molecule has 66 valence electrons. The standard InChI is InChI=1S/C8H18N2O/c1-5-6(2)7(3)10-8(11)9-4/h6-7H,5H2,1-4H3,(H2,9,10,11). The molecule has 2 unspecified atom stereocenters. The van der Waals surface area contributed by atoms with Crippen molar-refractivity contribution in [3.63, 3.8) is 0 Å². The van der Waals surface area contributed by atoms with Crippen LogP contribution in [0.5, 0.6) is 0 Å². The Morgan fingerprint density at radius 1 is 1.45 bits per heavy atom. The molecule has 0 aromatic heterocycles. The maximum atomic E-state index is 10.8. The van der Waals surface area contributed by atoms with Crippen LogP contribution in [0.2, 0.25) is 0 Å². The average molecular weight is 158 g/mol. The number of amides is 2. The Balaban J connectivity index is 3.67. The third-order valence-corrected chi connectivity index (χ3v) is 2.08. The van der Waals surface area contributed by atoms with E-state index in [-0.39, 0.29) is 12.1 Å². The molecular weight excluding hydrogens is 140 g/mol. The molecule has 2 N–H and O–H groups in total. The average Bonchev–Trinajstić information content (AvgIpc) is 2.02. The zero-order chi connectivity index (χ0) is 8.85. The van der Waals surface area contributed by atoms with E-state index < -0.39 is 0 Å². The van der Waals surface area contributed by atoms with Crippen molar-refractivity contribution in [2.45, 2.75) is 33.2 Å². The maximum Gasteiger partial charge on any atom is 0.314 e. The molecule has 2 atom stereocenters. The van der Waals surface area contributed by atoms with Gasteiger partial charge < -0.3 is 10.6 Å². The van der Waals surface area contributed by atoms with Gasteiger partial charge in [-0.25, -0.2) is 4.79 Å². The molecule has 0 aliphatic carbocycles. The van der Waals surface area contributed by atoms with Crippen LogP contribution in [-0.4, -0.2) is 19.1 Å². The minimum Gasteiger partial charge on any atom is -0.341 e. The summed E-state index contributed by atoms with van der Waals surface area (Å²) >= 11 is 0. The highest BCUT2D eigenvalue weighted by Gasteiger charge is 2.11. The topological polar surface area (TPSA) is 41.1 Å². The zero-order valence-corrected chi connectivity index (χ0v) is 7.77. The second-order valence-corrected chi connectivity index (χ2v) is 2.90. The van der Waals surface area contributed by atoms with Crippen molar-refractivity contribution in [1.29, 1.82) is 0 Å². The van der Waals surface area contributed by atoms with Crippen LogP contribution in [0.25, 0.3) is 0 Å². The van der Waals surface area contributed by atoms with Crippen molar-refractivity contribution in [1.82, 2.24) is 10.6 Å². The van der Waals surface area contributed by atoms with Gasteiger partial charge in [-0.15, -0.1) is 0 Å². The maximum absolute atomic E-state index is 10.8. The summed E-state index contributed by atoms with van der Waals surface area (Å²) < 4.78 is 0. The predicted octanol–water partition coefficient (Wildman–Crippen LogP) is 1.35. The van der Waals surface area contributed by atoms with Gasteiger partial charge in [-0.05, 0) is 12.8 Å². The van der Waals surface area contributed by atoms with Crippen LogP contribution < -0.4 is 10.6 Å². The van der Waals surface area contributed by atoms with E-state index in [2.05, 4.69) is 24.5 Å². The molecule has 0 aliphatic rings. The number of rotatable bonds is 3. The minimum absolute atomic E-state index is 0.0993. The Labute approximate surface area is 68.6 Å². The summed E-state index contributed by atoms with van der Waals surface area (Å²) in [5, 5.41) is 5.35. The van der Waals surface area contributed by atoms with Crippen LogP contribution in [-0.2, 0) is 0 Å². The van der Waals surface area contributed by atoms with Gasteiger partial charge in [-0.1, -0.05) is 20.3 Å². The third kappa shape index (κ3) is 3.86. The molecule has 2 amide bonds. The zero-order valence-electron chi connectivity index (χ0n) is 7.77. The van der Waals surface area contributed by atoms with Gasteiger partial charge in [0.25, 0.3) is 0 Å². The lowest BCUT2D eigenvalue weighted by molar-refractivity contribution is 0.235. The summed E-state index contributed by atoms with van der Waals surface area (Å²) in [4.78, 5) is 10.8. The normalized spacial score (nSPS) is 15.3. The first kappa shape index (κ1) is 10.3. The largest absolute Gasteiger partial charge is 0.341 e. The molecule has 11 heavy (non-hydrogen) atoms. The summed E-state index contributed by atoms with van der Waals surface area (Å²) in [5.41, 5.74) is 0. The van der Waals surface area contributed by atoms with Crippen LogP contribution in [0.4, 0.5) is 4.79 Å². The van der Waals surface area contributed by atoms with Crippen LogP contribution in [0, 0.1) is 5.92 Å². The number of hydrogen-bond donors (Lipinski definition) is 2. The first-order valence-electron chi connectivity index (χ1n) is 4.10. The van der Waals surface area contributed by atoms with Gasteiger partial charge in [-0.3, -0.25) is 0 Å². The van der Waals surface area contributed by atoms with Crippen molar-refractivity contribution in [2.75, 3.05) is 7.05 Å². The molecule has 0 aliphatic heterocycles. The van der Waals surface area contributed by atoms with E-state index in [0.29, 0.717) is 5.92 Å². The molecule has 0 spiro atoms. The number of hydrogen-bond acceptors (Lipinski definition) is 1. The SMILES string of the molecule is CCC(C)C(C)NC(=O)NC. The fourth-order valence-electron chi connectivity index (χ4n) is 0.775. The van der Waals surface area contributed by atoms with Gasteiger partial charge in [0.1, 0.15) is 0 Å². The van der Waals surface area contributed by atoms with Crippen molar-refractivity contribution >= 4 is 6.03 Å². The monoisotopic (exact) mass is 158 g/mol. The molecule has 0 heterocycles. The lowest BCUT2D eigenvalue weighted by atomic mass is 10.0. The fourth-order valence-corrected chi connectivity index (χ4v) is 0.775. The molecule has 0 saturated carbocycles. The van der Waals surface area contributed by atoms with Gasteiger partial charge in [-0.2, -0.15) is 0 Å². The summed E-state index contributed by atoms with van der Waals surface area (Å²) in [7, 11) is 1.62. The van der Waals surface area contributed by atoms with Crippen LogP contribution in [0.1, 0.15) is 27.2 Å². The van der Waals surface area contributed by atoms with E-state index in [0.717, 1.165) is 6.42 Å². The molecule has 0 radical (unpaired) electrons. The van der Waals surface area contributed by atoms with E-state index >= 15 is 0 Å². The number of urea groups is 1. The molecule has 0 fully saturated rings. The molecular formula is C8H18N2O. The first-order chi connectivity index (χ1) is 5.11. The van der Waals surface area contributed by atoms with Crippen molar-refractivity contribution in [3.05, 3.63) is 0 Å². The smallest absolute Gasteiger partial charge is 0.314 e. The molecule has 0 aromatic carbocycles. The lowest BCUT2D eigenvalue weighted by Gasteiger charge is -2.19. The summed E-state index contributed by atoms with van der Waals surface area (Å²) in [6, 6.07) is 0.151. The van der Waals surface area contributed by atoms with E-state index in [4.69, 9.17) is 0 Å². The Hall–Kier alpha value is -0.730. The highest BCUT2D eigenvalue weighted by molar-refractivity contribution is 5.73. The van der Waals surface area contributed by atoms with Gasteiger partial charge in [0.05, 0.1) is 0 Å². The van der Waals surface area contributed by atoms with E-state index in [1.54, 1.807) is 7.05 Å². The van der Waals surface area contributed by atoms with Crippen LogP contribution in [0.3, 0.4) is 0 Å². The molecule has 0 aromatic rings. The minimum atomic E-state index is -0.0993. The molecule has 3 nitrogen and oxygen atoms in total. The van der Waals surface area contributed by atoms with E-state index in [1.165, 1.54) is 0 Å². The Morgan fingerprint density at radius 3 is 2.36 bits per heavy atom. The Bertz CT molecular complexity index is 125. The molecule has 3 heteroatoms. The highest BCUT2D eigenvalue weighted by atomic mass is 16.2. The van der Waals surface area contributed by atoms with Crippen LogP contribution in [0.15, 0.2) is 0 Å². The Kier molecular flexibility index (Phi) is 4.66. The van der Waals surface area contributed by atoms with Crippen molar-refractivity contribution in [2.24, 2.45) is 5.92 Å². The quantitative estimate of drug-likeness (QED) is 0.639. The van der Waals surface area contributed by atoms with Gasteiger partial charge in [0, 0.05) is 13.1 Å². The molecule has 0 rings (SSSR count). The second kappa shape index (κ2) is 4.99. The number of carbonyl (C=O) groups excluding carboxylic acids is 1. The molecule has 0 bridgehead atoms. The Morgan fingerprint density at radius 2 is 2.00 bits per heavy atom. The lowest BCUT2D eigenvalue weighted by Crippen LogP contribution is -2.41. The van der Waals surface area contributed by atoms with Gasteiger partial charge >= 0.3 is 6.03 Å². The second-order valence-electron chi connectivity index (χ2n) is 2.90. The van der Waals surface area contributed by atoms with E-state index in [1.807, 2.05) is 6.92 Å². The fraction of sp³-hybridized carbons (Fsp3) is 0.875. The third-order valence-electron chi connectivity index (χ3n) is 2.08. The number of carbonyl (C=O) groups is 1.